The summed E-state index contributed by atoms with van der Waals surface area (Å²) < 4.78 is 0. The molecule has 1 saturated heterocycles. The number of aromatic nitrogens is 1. The van der Waals surface area contributed by atoms with Crippen LogP contribution in [0.5, 0.6) is 0 Å². The molecule has 6 nitrogen and oxygen atoms in total. The lowest BCUT2D eigenvalue weighted by atomic mass is 9.99. The molecule has 6 heteroatoms. The van der Waals surface area contributed by atoms with Gasteiger partial charge in [-0.05, 0) is 31.4 Å². The quantitative estimate of drug-likeness (QED) is 0.874. The van der Waals surface area contributed by atoms with Crippen molar-refractivity contribution >= 4 is 12.0 Å². The Balaban J connectivity index is 1.85. The number of hydrogen-bond acceptors (Lipinski definition) is 3. The van der Waals surface area contributed by atoms with Crippen molar-refractivity contribution in [2.75, 3.05) is 13.1 Å². The van der Waals surface area contributed by atoms with E-state index < -0.39 is 11.9 Å². The third-order valence-corrected chi connectivity index (χ3v) is 3.47. The molecule has 2 N–H and O–H groups in total. The second kappa shape index (κ2) is 6.36. The van der Waals surface area contributed by atoms with E-state index in [-0.39, 0.29) is 12.6 Å². The fourth-order valence-corrected chi connectivity index (χ4v) is 2.26. The number of carbonyl (C=O) groups is 2. The van der Waals surface area contributed by atoms with Crippen LogP contribution < -0.4 is 5.32 Å². The molecule has 0 bridgehead atoms. The number of carbonyl (C=O) groups excluding carboxylic acids is 1. The van der Waals surface area contributed by atoms with Crippen LogP contribution in [0.1, 0.15) is 24.1 Å². The molecule has 0 spiro atoms. The average Bonchev–Trinajstić information content (AvgIpc) is 2.46. The molecule has 1 fully saturated rings. The lowest BCUT2D eigenvalue weighted by Gasteiger charge is -2.30. The molecular weight excluding hydrogens is 258 g/mol. The van der Waals surface area contributed by atoms with Crippen LogP contribution in [-0.4, -0.2) is 40.1 Å². The van der Waals surface area contributed by atoms with Gasteiger partial charge < -0.3 is 15.3 Å². The van der Waals surface area contributed by atoms with E-state index in [9.17, 15) is 9.59 Å². The van der Waals surface area contributed by atoms with Gasteiger partial charge in [0.25, 0.3) is 0 Å². The highest BCUT2D eigenvalue weighted by Crippen LogP contribution is 2.16. The second-order valence-corrected chi connectivity index (χ2v) is 5.09. The minimum atomic E-state index is -0.828. The molecule has 1 aliphatic heterocycles. The first-order valence-corrected chi connectivity index (χ1v) is 6.73. The maximum Gasteiger partial charge on any atom is 0.317 e. The summed E-state index contributed by atoms with van der Waals surface area (Å²) in [5, 5.41) is 11.8. The normalized spacial score (nSPS) is 18.6. The molecular formula is C14H19N3O3. The van der Waals surface area contributed by atoms with Crippen LogP contribution in [0.4, 0.5) is 4.79 Å². The molecule has 1 atom stereocenters. The van der Waals surface area contributed by atoms with Gasteiger partial charge in [-0.15, -0.1) is 0 Å². The summed E-state index contributed by atoms with van der Waals surface area (Å²) in [5.41, 5.74) is 1.86. The average molecular weight is 277 g/mol. The zero-order valence-corrected chi connectivity index (χ0v) is 11.5. The summed E-state index contributed by atoms with van der Waals surface area (Å²) in [4.78, 5) is 28.7. The first-order valence-electron chi connectivity index (χ1n) is 6.73. The first-order chi connectivity index (χ1) is 9.56. The number of pyridine rings is 1. The number of amides is 2. The Morgan fingerprint density at radius 2 is 2.30 bits per heavy atom. The summed E-state index contributed by atoms with van der Waals surface area (Å²) in [6, 6.07) is 3.60. The molecule has 1 aromatic rings. The molecule has 1 aromatic heterocycles. The number of urea groups is 1. The minimum Gasteiger partial charge on any atom is -0.481 e. The Labute approximate surface area is 117 Å². The Hall–Kier alpha value is -2.11. The molecule has 0 saturated carbocycles. The number of piperidine rings is 1. The third kappa shape index (κ3) is 3.69. The van der Waals surface area contributed by atoms with Crippen LogP contribution in [0.15, 0.2) is 18.3 Å². The van der Waals surface area contributed by atoms with Gasteiger partial charge in [0.15, 0.2) is 0 Å². The lowest BCUT2D eigenvalue weighted by molar-refractivity contribution is -0.143. The molecule has 0 radical (unpaired) electrons. The zero-order valence-electron chi connectivity index (χ0n) is 11.5. The highest BCUT2D eigenvalue weighted by molar-refractivity contribution is 5.76. The number of aliphatic carboxylic acids is 1. The van der Waals surface area contributed by atoms with Crippen molar-refractivity contribution in [3.05, 3.63) is 29.6 Å². The number of hydrogen-bond donors (Lipinski definition) is 2. The van der Waals surface area contributed by atoms with Crippen molar-refractivity contribution in [1.82, 2.24) is 15.2 Å². The van der Waals surface area contributed by atoms with Crippen molar-refractivity contribution in [2.45, 2.75) is 26.3 Å². The number of carboxylic acid groups (broad SMARTS) is 1. The Bertz CT molecular complexity index is 487. The van der Waals surface area contributed by atoms with E-state index in [4.69, 9.17) is 5.11 Å². The van der Waals surface area contributed by atoms with E-state index in [0.717, 1.165) is 17.7 Å². The van der Waals surface area contributed by atoms with Gasteiger partial charge in [-0.1, -0.05) is 6.07 Å². The van der Waals surface area contributed by atoms with E-state index in [1.807, 2.05) is 19.1 Å². The highest BCUT2D eigenvalue weighted by atomic mass is 16.4. The summed E-state index contributed by atoms with van der Waals surface area (Å²) in [6.07, 6.45) is 3.10. The SMILES string of the molecule is Cc1ccc(CNC(=O)N2CCCC(C(=O)O)C2)cn1. The number of carboxylic acids is 1. The van der Waals surface area contributed by atoms with Gasteiger partial charge in [-0.2, -0.15) is 0 Å². The number of likely N-dealkylation sites (tertiary alicyclic amines) is 1. The molecule has 2 rings (SSSR count). The van der Waals surface area contributed by atoms with Crippen molar-refractivity contribution < 1.29 is 14.7 Å². The van der Waals surface area contributed by atoms with Crippen LogP contribution in [0.2, 0.25) is 0 Å². The lowest BCUT2D eigenvalue weighted by Crippen LogP contribution is -2.46. The fourth-order valence-electron chi connectivity index (χ4n) is 2.26. The van der Waals surface area contributed by atoms with Gasteiger partial charge >= 0.3 is 12.0 Å². The summed E-state index contributed by atoms with van der Waals surface area (Å²) >= 11 is 0. The molecule has 1 unspecified atom stereocenters. The van der Waals surface area contributed by atoms with Crippen molar-refractivity contribution in [3.8, 4) is 0 Å². The molecule has 2 amide bonds. The van der Waals surface area contributed by atoms with Crippen molar-refractivity contribution in [1.29, 1.82) is 0 Å². The number of rotatable bonds is 3. The zero-order chi connectivity index (χ0) is 14.5. The second-order valence-electron chi connectivity index (χ2n) is 5.09. The van der Waals surface area contributed by atoms with E-state index in [0.29, 0.717) is 19.5 Å². The summed E-state index contributed by atoms with van der Waals surface area (Å²) in [6.45, 7) is 3.21. The largest absolute Gasteiger partial charge is 0.481 e. The van der Waals surface area contributed by atoms with Crippen LogP contribution >= 0.6 is 0 Å². The van der Waals surface area contributed by atoms with Crippen LogP contribution in [-0.2, 0) is 11.3 Å². The first kappa shape index (κ1) is 14.3. The third-order valence-electron chi connectivity index (χ3n) is 3.47. The van der Waals surface area contributed by atoms with E-state index in [1.54, 1.807) is 11.1 Å². The fraction of sp³-hybridized carbons (Fsp3) is 0.500. The van der Waals surface area contributed by atoms with Gasteiger partial charge in [-0.3, -0.25) is 9.78 Å². The van der Waals surface area contributed by atoms with Gasteiger partial charge in [0.1, 0.15) is 0 Å². The van der Waals surface area contributed by atoms with E-state index in [2.05, 4.69) is 10.3 Å². The maximum atomic E-state index is 12.0. The Morgan fingerprint density at radius 1 is 1.50 bits per heavy atom. The number of nitrogens with zero attached hydrogens (tertiary/aromatic N) is 2. The minimum absolute atomic E-state index is 0.212. The topological polar surface area (TPSA) is 82.5 Å². The highest BCUT2D eigenvalue weighted by Gasteiger charge is 2.27. The van der Waals surface area contributed by atoms with Gasteiger partial charge in [0.2, 0.25) is 0 Å². The predicted octanol–water partition coefficient (Wildman–Crippen LogP) is 1.40. The standard InChI is InChI=1S/C14H19N3O3/c1-10-4-5-11(7-15-10)8-16-14(20)17-6-2-3-12(9-17)13(18)19/h4-5,7,12H,2-3,6,8-9H2,1H3,(H,16,20)(H,18,19). The molecule has 1 aliphatic rings. The number of aryl methyl sites for hydroxylation is 1. The molecule has 0 aliphatic carbocycles. The maximum absolute atomic E-state index is 12.0. The predicted molar refractivity (Wildman–Crippen MR) is 73.1 cm³/mol. The van der Waals surface area contributed by atoms with Crippen LogP contribution in [0, 0.1) is 12.8 Å². The van der Waals surface area contributed by atoms with Gasteiger partial charge in [0.05, 0.1) is 5.92 Å². The van der Waals surface area contributed by atoms with Crippen molar-refractivity contribution in [2.24, 2.45) is 5.92 Å². The monoisotopic (exact) mass is 277 g/mol. The molecule has 0 aromatic carbocycles. The van der Waals surface area contributed by atoms with E-state index in [1.165, 1.54) is 0 Å². The van der Waals surface area contributed by atoms with Gasteiger partial charge in [0, 0.05) is 31.5 Å². The molecule has 2 heterocycles. The van der Waals surface area contributed by atoms with E-state index >= 15 is 0 Å². The van der Waals surface area contributed by atoms with Crippen LogP contribution in [0.25, 0.3) is 0 Å². The molecule has 108 valence electrons. The smallest absolute Gasteiger partial charge is 0.317 e. The Morgan fingerprint density at radius 3 is 2.95 bits per heavy atom. The van der Waals surface area contributed by atoms with Crippen molar-refractivity contribution in [3.63, 3.8) is 0 Å². The number of nitrogens with one attached hydrogen (secondary N) is 1. The molecule has 20 heavy (non-hydrogen) atoms. The summed E-state index contributed by atoms with van der Waals surface area (Å²) in [7, 11) is 0. The van der Waals surface area contributed by atoms with Gasteiger partial charge in [-0.25, -0.2) is 4.79 Å². The summed E-state index contributed by atoms with van der Waals surface area (Å²) in [5.74, 6) is -1.28. The Kier molecular flexibility index (Phi) is 4.55. The van der Waals surface area contributed by atoms with Crippen LogP contribution in [0.3, 0.4) is 0 Å².